The van der Waals surface area contributed by atoms with Crippen LogP contribution in [-0.2, 0) is 5.92 Å². The third-order valence-corrected chi connectivity index (χ3v) is 7.53. The van der Waals surface area contributed by atoms with Crippen molar-refractivity contribution in [2.24, 2.45) is 5.92 Å². The first-order valence-electron chi connectivity index (χ1n) is 12.9. The van der Waals surface area contributed by atoms with Crippen LogP contribution in [0.4, 0.5) is 23.4 Å². The maximum Gasteiger partial charge on any atom is 0.316 e. The average molecular weight is 534 g/mol. The molecule has 0 amide bonds. The highest BCUT2D eigenvalue weighted by molar-refractivity contribution is 5.93. The van der Waals surface area contributed by atoms with E-state index in [1.54, 1.807) is 4.90 Å². The van der Waals surface area contributed by atoms with E-state index in [9.17, 15) is 18.3 Å². The van der Waals surface area contributed by atoms with Gasteiger partial charge in [0, 0.05) is 44.4 Å². The zero-order chi connectivity index (χ0) is 27.2. The molecule has 0 spiro atoms. The topological polar surface area (TPSA) is 74.6 Å². The van der Waals surface area contributed by atoms with Crippen molar-refractivity contribution >= 4 is 16.7 Å². The van der Waals surface area contributed by atoms with Gasteiger partial charge < -0.3 is 19.6 Å². The molecular weight excluding hydrogens is 502 g/mol. The van der Waals surface area contributed by atoms with Gasteiger partial charge in [0.05, 0.1) is 18.1 Å². The number of ether oxygens (including phenoxy) is 1. The van der Waals surface area contributed by atoms with Gasteiger partial charge >= 0.3 is 6.01 Å². The summed E-state index contributed by atoms with van der Waals surface area (Å²) < 4.78 is 63.4. The number of halogens is 4. The molecule has 2 aromatic heterocycles. The molecule has 0 bridgehead atoms. The Morgan fingerprint density at radius 2 is 1.84 bits per heavy atom. The molecule has 2 atom stereocenters. The Bertz CT molecular complexity index is 1330. The molecule has 1 aromatic carbocycles. The van der Waals surface area contributed by atoms with Crippen LogP contribution in [0.3, 0.4) is 0 Å². The number of fused-ring (bicyclic) bond motifs is 2. The van der Waals surface area contributed by atoms with Crippen LogP contribution in [0.2, 0.25) is 0 Å². The van der Waals surface area contributed by atoms with Gasteiger partial charge in [0.25, 0.3) is 5.92 Å². The lowest BCUT2D eigenvalue weighted by atomic mass is 9.97. The lowest BCUT2D eigenvalue weighted by molar-refractivity contribution is 0.0177. The fraction of sp³-hybridized carbons (Fsp3) is 0.519. The summed E-state index contributed by atoms with van der Waals surface area (Å²) >= 11 is 0. The molecule has 3 aliphatic heterocycles. The minimum absolute atomic E-state index is 0.138. The third-order valence-electron chi connectivity index (χ3n) is 7.53. The number of phenols is 1. The smallest absolute Gasteiger partial charge is 0.316 e. The first-order valence-corrected chi connectivity index (χ1v) is 12.9. The minimum atomic E-state index is -3.51. The van der Waals surface area contributed by atoms with Crippen LogP contribution in [-0.4, -0.2) is 64.3 Å². The number of hydrogen-bond donors (Lipinski definition) is 1. The number of anilines is 1. The standard InChI is InChI=1S/C19H16F4N4O2.C8H15N/c1-19(22,23)10-4-5-11(28)13(20)12(10)16-14(21)15-9(8-24-18(26-15)29-2)17(25-16)27-6-3-7-27;1-7-5-8-3-2-4-9(8)6-7/h4-5,8,28H,3,6-7H2,1-2H3;7-8H,2-6H2,1H3. The highest BCUT2D eigenvalue weighted by atomic mass is 19.3. The van der Waals surface area contributed by atoms with Crippen molar-refractivity contribution in [2.75, 3.05) is 38.2 Å². The maximum absolute atomic E-state index is 15.4. The van der Waals surface area contributed by atoms with Crippen LogP contribution in [0.5, 0.6) is 11.8 Å². The van der Waals surface area contributed by atoms with Crippen molar-refractivity contribution in [1.82, 2.24) is 19.9 Å². The number of pyridine rings is 1. The lowest BCUT2D eigenvalue weighted by Crippen LogP contribution is -2.38. The second-order valence-corrected chi connectivity index (χ2v) is 10.4. The molecule has 0 saturated carbocycles. The van der Waals surface area contributed by atoms with Crippen molar-refractivity contribution < 1.29 is 27.4 Å². The number of rotatable bonds is 4. The van der Waals surface area contributed by atoms with Gasteiger partial charge in [-0.15, -0.1) is 0 Å². The quantitative estimate of drug-likeness (QED) is 0.444. The largest absolute Gasteiger partial charge is 0.505 e. The fourth-order valence-electron chi connectivity index (χ4n) is 5.56. The van der Waals surface area contributed by atoms with Crippen molar-refractivity contribution in [2.45, 2.75) is 51.5 Å². The van der Waals surface area contributed by atoms with Gasteiger partial charge in [-0.05, 0) is 50.3 Å². The van der Waals surface area contributed by atoms with Gasteiger partial charge in [0.2, 0.25) is 0 Å². The van der Waals surface area contributed by atoms with E-state index in [2.05, 4.69) is 26.8 Å². The first kappa shape index (κ1) is 26.4. The normalized spacial score (nSPS) is 21.2. The van der Waals surface area contributed by atoms with Crippen molar-refractivity contribution in [3.05, 3.63) is 35.5 Å². The monoisotopic (exact) mass is 533 g/mol. The Balaban J connectivity index is 0.000000273. The number of phenolic OH excluding ortho intramolecular Hbond substituents is 1. The molecule has 0 radical (unpaired) electrons. The number of hydrogen-bond acceptors (Lipinski definition) is 7. The summed E-state index contributed by atoms with van der Waals surface area (Å²) in [5.74, 6) is -5.66. The van der Waals surface area contributed by atoms with E-state index >= 15 is 4.39 Å². The van der Waals surface area contributed by atoms with Crippen molar-refractivity contribution in [3.63, 3.8) is 0 Å². The van der Waals surface area contributed by atoms with Gasteiger partial charge in [0.1, 0.15) is 17.0 Å². The Hall–Kier alpha value is -3.21. The summed E-state index contributed by atoms with van der Waals surface area (Å²) in [7, 11) is 1.29. The van der Waals surface area contributed by atoms with Crippen LogP contribution in [0.15, 0.2) is 18.3 Å². The second-order valence-electron chi connectivity index (χ2n) is 10.4. The summed E-state index contributed by atoms with van der Waals surface area (Å²) in [6.07, 6.45) is 6.59. The van der Waals surface area contributed by atoms with Crippen LogP contribution < -0.4 is 9.64 Å². The van der Waals surface area contributed by atoms with Gasteiger partial charge in [-0.2, -0.15) is 4.98 Å². The Kier molecular flexibility index (Phi) is 7.06. The molecule has 7 nitrogen and oxygen atoms in total. The molecule has 0 aliphatic carbocycles. The SMILES string of the molecule is CC1CC2CCCN2C1.COc1ncc2c(N3CCC3)nc(-c3c(C(C)(F)F)ccc(O)c3F)c(F)c2n1. The van der Waals surface area contributed by atoms with Crippen LogP contribution in [0, 0.1) is 17.6 Å². The van der Waals surface area contributed by atoms with Gasteiger partial charge in [-0.25, -0.2) is 27.5 Å². The highest BCUT2D eigenvalue weighted by Crippen LogP contribution is 2.43. The molecule has 3 fully saturated rings. The summed E-state index contributed by atoms with van der Waals surface area (Å²) in [4.78, 5) is 16.5. The molecule has 3 aliphatic rings. The molecule has 1 N–H and O–H groups in total. The molecule has 5 heterocycles. The van der Waals surface area contributed by atoms with Gasteiger partial charge in [0.15, 0.2) is 17.4 Å². The van der Waals surface area contributed by atoms with Crippen LogP contribution in [0.1, 0.15) is 45.1 Å². The predicted molar refractivity (Wildman–Crippen MR) is 136 cm³/mol. The molecular formula is C27H31F4N5O2. The summed E-state index contributed by atoms with van der Waals surface area (Å²) in [5, 5.41) is 9.99. The summed E-state index contributed by atoms with van der Waals surface area (Å²) in [6.45, 7) is 6.91. The van der Waals surface area contributed by atoms with Crippen molar-refractivity contribution in [1.29, 1.82) is 0 Å². The molecule has 2 unspecified atom stereocenters. The number of methoxy groups -OCH3 is 1. The van der Waals surface area contributed by atoms with Crippen LogP contribution in [0.25, 0.3) is 22.2 Å². The summed E-state index contributed by atoms with van der Waals surface area (Å²) in [5.41, 5.74) is -2.51. The maximum atomic E-state index is 15.4. The molecule has 3 saturated heterocycles. The van der Waals surface area contributed by atoms with E-state index < -0.39 is 40.1 Å². The Morgan fingerprint density at radius 3 is 2.47 bits per heavy atom. The first-order chi connectivity index (χ1) is 18.1. The highest BCUT2D eigenvalue weighted by Gasteiger charge is 2.35. The third kappa shape index (κ3) is 4.83. The number of alkyl halides is 2. The fourth-order valence-corrected chi connectivity index (χ4v) is 5.56. The van der Waals surface area contributed by atoms with E-state index in [0.29, 0.717) is 20.0 Å². The van der Waals surface area contributed by atoms with Gasteiger partial charge in [-0.1, -0.05) is 6.92 Å². The number of benzene rings is 1. The Labute approximate surface area is 218 Å². The van der Waals surface area contributed by atoms with Crippen molar-refractivity contribution in [3.8, 4) is 23.0 Å². The number of aromatic hydroxyl groups is 1. The van der Waals surface area contributed by atoms with E-state index in [1.807, 2.05) is 0 Å². The van der Waals surface area contributed by atoms with Crippen LogP contribution >= 0.6 is 0 Å². The molecule has 38 heavy (non-hydrogen) atoms. The zero-order valence-corrected chi connectivity index (χ0v) is 21.6. The van der Waals surface area contributed by atoms with E-state index in [1.165, 1.54) is 45.7 Å². The van der Waals surface area contributed by atoms with E-state index in [-0.39, 0.29) is 22.7 Å². The number of nitrogens with zero attached hydrogens (tertiary/aromatic N) is 5. The predicted octanol–water partition coefficient (Wildman–Crippen LogP) is 5.50. The number of aromatic nitrogens is 3. The molecule has 6 rings (SSSR count). The molecule has 204 valence electrons. The average Bonchev–Trinajstić information content (AvgIpc) is 3.42. The minimum Gasteiger partial charge on any atom is -0.505 e. The zero-order valence-electron chi connectivity index (χ0n) is 21.6. The second kappa shape index (κ2) is 10.2. The molecule has 3 aromatic rings. The molecule has 11 heteroatoms. The van der Waals surface area contributed by atoms with Gasteiger partial charge in [-0.3, -0.25) is 0 Å². The van der Waals surface area contributed by atoms with E-state index in [4.69, 9.17) is 4.74 Å². The Morgan fingerprint density at radius 1 is 1.08 bits per heavy atom. The van der Waals surface area contributed by atoms with E-state index in [0.717, 1.165) is 30.5 Å². The summed E-state index contributed by atoms with van der Waals surface area (Å²) in [6, 6.07) is 2.50. The lowest BCUT2D eigenvalue weighted by Gasteiger charge is -2.33.